The van der Waals surface area contributed by atoms with Gasteiger partial charge in [-0.15, -0.1) is 0 Å². The summed E-state index contributed by atoms with van der Waals surface area (Å²) in [6.45, 7) is 2.24. The van der Waals surface area contributed by atoms with Gasteiger partial charge < -0.3 is 9.47 Å². The maximum absolute atomic E-state index is 5.55. The van der Waals surface area contributed by atoms with Crippen molar-refractivity contribution in [2.45, 2.75) is 19.8 Å². The Kier molecular flexibility index (Phi) is 6.07. The highest BCUT2D eigenvalue weighted by Crippen LogP contribution is 2.38. The van der Waals surface area contributed by atoms with Gasteiger partial charge in [0.2, 0.25) is 0 Å². The summed E-state index contributed by atoms with van der Waals surface area (Å²) in [5.74, 6) is 1.73. The molecule has 21 heavy (non-hydrogen) atoms. The van der Waals surface area contributed by atoms with E-state index in [1.807, 2.05) is 18.2 Å². The fourth-order valence-electron chi connectivity index (χ4n) is 2.37. The van der Waals surface area contributed by atoms with Crippen LogP contribution in [-0.4, -0.2) is 20.4 Å². The minimum atomic E-state index is 0.820. The van der Waals surface area contributed by atoms with Crippen molar-refractivity contribution < 1.29 is 9.47 Å². The van der Waals surface area contributed by atoms with Gasteiger partial charge in [-0.1, -0.05) is 52.3 Å². The van der Waals surface area contributed by atoms with E-state index in [0.29, 0.717) is 0 Å². The highest BCUT2D eigenvalue weighted by Gasteiger charge is 2.15. The number of unbranched alkanes of at least 4 members (excludes halogenated alkanes) is 1. The maximum Gasteiger partial charge on any atom is 0.130 e. The van der Waals surface area contributed by atoms with Crippen molar-refractivity contribution in [3.8, 4) is 22.6 Å². The van der Waals surface area contributed by atoms with Crippen LogP contribution in [0.3, 0.4) is 0 Å². The first-order chi connectivity index (χ1) is 10.3. The molecule has 1 unspecified atom stereocenters. The van der Waals surface area contributed by atoms with E-state index in [4.69, 9.17) is 9.47 Å². The van der Waals surface area contributed by atoms with Crippen LogP contribution in [-0.2, 0) is 0 Å². The molecule has 0 saturated heterocycles. The third kappa shape index (κ3) is 3.77. The van der Waals surface area contributed by atoms with Crippen LogP contribution in [0.1, 0.15) is 19.8 Å². The lowest BCUT2D eigenvalue weighted by Gasteiger charge is -2.16. The normalized spacial score (nSPS) is 11.0. The standard InChI is InChI=1S/C18H23O2P/c1-4-5-13-21-17-12-7-6-9-14(17)18-15(19-2)10-8-11-16(18)20-3/h6-12,21H,4-5,13H2,1-3H3. The average molecular weight is 302 g/mol. The highest BCUT2D eigenvalue weighted by atomic mass is 31.1. The number of hydrogen-bond acceptors (Lipinski definition) is 2. The number of benzene rings is 2. The first kappa shape index (κ1) is 15.9. The Hall–Kier alpha value is -1.53. The summed E-state index contributed by atoms with van der Waals surface area (Å²) in [7, 11) is 4.24. The first-order valence-corrected chi connectivity index (χ1v) is 8.56. The SMILES string of the molecule is CCCCPc1ccccc1-c1c(OC)cccc1OC. The topological polar surface area (TPSA) is 18.5 Å². The molecule has 0 amide bonds. The van der Waals surface area contributed by atoms with Crippen LogP contribution >= 0.6 is 8.58 Å². The molecule has 0 spiro atoms. The van der Waals surface area contributed by atoms with Gasteiger partial charge in [0.15, 0.2) is 0 Å². The van der Waals surface area contributed by atoms with Gasteiger partial charge in [-0.25, -0.2) is 0 Å². The van der Waals surface area contributed by atoms with E-state index in [1.165, 1.54) is 29.9 Å². The Labute approximate surface area is 129 Å². The fourth-order valence-corrected chi connectivity index (χ4v) is 3.78. The Bertz CT molecular complexity index is 559. The Balaban J connectivity index is 2.46. The minimum absolute atomic E-state index is 0.820. The van der Waals surface area contributed by atoms with Crippen LogP contribution in [0.2, 0.25) is 0 Å². The molecule has 0 aliphatic heterocycles. The molecule has 2 nitrogen and oxygen atoms in total. The van der Waals surface area contributed by atoms with E-state index in [9.17, 15) is 0 Å². The largest absolute Gasteiger partial charge is 0.496 e. The monoisotopic (exact) mass is 302 g/mol. The lowest BCUT2D eigenvalue weighted by Crippen LogP contribution is -2.03. The van der Waals surface area contributed by atoms with Gasteiger partial charge in [-0.05, 0) is 35.6 Å². The molecular weight excluding hydrogens is 279 g/mol. The van der Waals surface area contributed by atoms with Crippen molar-refractivity contribution in [1.29, 1.82) is 0 Å². The maximum atomic E-state index is 5.55. The van der Waals surface area contributed by atoms with Crippen molar-refractivity contribution in [2.75, 3.05) is 20.4 Å². The lowest BCUT2D eigenvalue weighted by molar-refractivity contribution is 0.397. The van der Waals surface area contributed by atoms with E-state index in [2.05, 4.69) is 31.2 Å². The summed E-state index contributed by atoms with van der Waals surface area (Å²) in [4.78, 5) is 0. The van der Waals surface area contributed by atoms with Gasteiger partial charge in [-0.2, -0.15) is 0 Å². The second-order valence-electron chi connectivity index (χ2n) is 4.86. The molecule has 112 valence electrons. The van der Waals surface area contributed by atoms with Crippen LogP contribution in [0.5, 0.6) is 11.5 Å². The number of hydrogen-bond donors (Lipinski definition) is 0. The summed E-state index contributed by atoms with van der Waals surface area (Å²) in [6, 6.07) is 14.5. The Morgan fingerprint density at radius 3 is 2.19 bits per heavy atom. The summed E-state index contributed by atoms with van der Waals surface area (Å²) >= 11 is 0. The molecule has 0 fully saturated rings. The summed E-state index contributed by atoms with van der Waals surface area (Å²) < 4.78 is 11.1. The predicted molar refractivity (Wildman–Crippen MR) is 92.7 cm³/mol. The van der Waals surface area contributed by atoms with Crippen LogP contribution in [0.4, 0.5) is 0 Å². The van der Waals surface area contributed by atoms with E-state index >= 15 is 0 Å². The van der Waals surface area contributed by atoms with E-state index in [1.54, 1.807) is 14.2 Å². The van der Waals surface area contributed by atoms with Crippen molar-refractivity contribution >= 4 is 13.9 Å². The van der Waals surface area contributed by atoms with Crippen molar-refractivity contribution in [1.82, 2.24) is 0 Å². The van der Waals surface area contributed by atoms with Crippen molar-refractivity contribution in [3.05, 3.63) is 42.5 Å². The molecule has 3 heteroatoms. The smallest absolute Gasteiger partial charge is 0.130 e. The molecule has 0 aliphatic carbocycles. The zero-order chi connectivity index (χ0) is 15.1. The van der Waals surface area contributed by atoms with E-state index in [-0.39, 0.29) is 0 Å². The third-order valence-electron chi connectivity index (χ3n) is 3.47. The lowest BCUT2D eigenvalue weighted by atomic mass is 10.0. The quantitative estimate of drug-likeness (QED) is 0.555. The molecule has 2 aromatic rings. The number of methoxy groups -OCH3 is 2. The van der Waals surface area contributed by atoms with Crippen molar-refractivity contribution in [3.63, 3.8) is 0 Å². The van der Waals surface area contributed by atoms with Crippen LogP contribution in [0.25, 0.3) is 11.1 Å². The van der Waals surface area contributed by atoms with E-state index < -0.39 is 0 Å². The van der Waals surface area contributed by atoms with Gasteiger partial charge in [0, 0.05) is 0 Å². The van der Waals surface area contributed by atoms with Crippen LogP contribution in [0, 0.1) is 0 Å². The summed E-state index contributed by atoms with van der Waals surface area (Å²) in [5.41, 5.74) is 2.28. The molecule has 1 atom stereocenters. The second-order valence-corrected chi connectivity index (χ2v) is 6.26. The Morgan fingerprint density at radius 2 is 1.57 bits per heavy atom. The predicted octanol–water partition coefficient (Wildman–Crippen LogP) is 4.47. The molecule has 0 N–H and O–H groups in total. The van der Waals surface area contributed by atoms with Gasteiger partial charge >= 0.3 is 0 Å². The zero-order valence-electron chi connectivity index (χ0n) is 13.0. The fraction of sp³-hybridized carbons (Fsp3) is 0.333. The number of rotatable bonds is 7. The summed E-state index contributed by atoms with van der Waals surface area (Å²) in [6.07, 6.45) is 3.76. The highest BCUT2D eigenvalue weighted by molar-refractivity contribution is 7.47. The summed E-state index contributed by atoms with van der Waals surface area (Å²) in [5, 5.41) is 1.38. The Morgan fingerprint density at radius 1 is 0.905 bits per heavy atom. The average Bonchev–Trinajstić information content (AvgIpc) is 2.54. The third-order valence-corrected chi connectivity index (χ3v) is 4.89. The second kappa shape index (κ2) is 8.05. The van der Waals surface area contributed by atoms with E-state index in [0.717, 1.165) is 25.6 Å². The molecule has 0 aromatic heterocycles. The minimum Gasteiger partial charge on any atom is -0.496 e. The van der Waals surface area contributed by atoms with Crippen LogP contribution in [0.15, 0.2) is 42.5 Å². The molecule has 0 saturated carbocycles. The molecule has 0 aliphatic rings. The molecule has 2 aromatic carbocycles. The van der Waals surface area contributed by atoms with Gasteiger partial charge in [0.25, 0.3) is 0 Å². The molecular formula is C18H23O2P. The van der Waals surface area contributed by atoms with Crippen LogP contribution < -0.4 is 14.8 Å². The zero-order valence-corrected chi connectivity index (χ0v) is 14.0. The van der Waals surface area contributed by atoms with Gasteiger partial charge in [0.1, 0.15) is 11.5 Å². The van der Waals surface area contributed by atoms with Crippen molar-refractivity contribution in [2.24, 2.45) is 0 Å². The molecule has 0 radical (unpaired) electrons. The molecule has 2 rings (SSSR count). The molecule has 0 heterocycles. The number of ether oxygens (including phenoxy) is 2. The molecule has 0 bridgehead atoms. The van der Waals surface area contributed by atoms with Gasteiger partial charge in [0.05, 0.1) is 19.8 Å². The van der Waals surface area contributed by atoms with Gasteiger partial charge in [-0.3, -0.25) is 0 Å². The first-order valence-electron chi connectivity index (χ1n) is 7.36.